The van der Waals surface area contributed by atoms with Crippen molar-refractivity contribution >= 4 is 0 Å². The molecule has 0 aromatic carbocycles. The number of rotatable bonds is 5. The van der Waals surface area contributed by atoms with Crippen LogP contribution in [-0.2, 0) is 11.8 Å². The average Bonchev–Trinajstić information content (AvgIpc) is 3.22. The van der Waals surface area contributed by atoms with E-state index in [0.29, 0.717) is 6.04 Å². The molecule has 6 heteroatoms. The van der Waals surface area contributed by atoms with Crippen LogP contribution in [0.3, 0.4) is 0 Å². The number of aromatic nitrogens is 2. The molecule has 2 unspecified atom stereocenters. The van der Waals surface area contributed by atoms with Gasteiger partial charge >= 0.3 is 0 Å². The molecule has 1 aliphatic heterocycles. The van der Waals surface area contributed by atoms with Gasteiger partial charge in [0.2, 0.25) is 5.88 Å². The number of likely N-dealkylation sites (N-methyl/N-ethyl adjacent to an activating group) is 1. The van der Waals surface area contributed by atoms with Gasteiger partial charge < -0.3 is 14.8 Å². The van der Waals surface area contributed by atoms with E-state index < -0.39 is 0 Å². The van der Waals surface area contributed by atoms with Crippen molar-refractivity contribution < 1.29 is 9.47 Å². The Hall–Kier alpha value is -1.11. The van der Waals surface area contributed by atoms with Gasteiger partial charge in [-0.05, 0) is 26.8 Å². The highest BCUT2D eigenvalue weighted by atomic mass is 16.5. The molecule has 3 rings (SSSR count). The zero-order chi connectivity index (χ0) is 15.0. The number of hydrogen-bond acceptors (Lipinski definition) is 5. The molecule has 0 radical (unpaired) electrons. The normalized spacial score (nSPS) is 27.0. The first-order valence-electron chi connectivity index (χ1n) is 7.74. The molecule has 0 spiro atoms. The van der Waals surface area contributed by atoms with Gasteiger partial charge in [-0.2, -0.15) is 5.10 Å². The molecule has 6 nitrogen and oxygen atoms in total. The third-order valence-corrected chi connectivity index (χ3v) is 4.49. The maximum Gasteiger partial charge on any atom is 0.216 e. The Morgan fingerprint density at radius 1 is 1.38 bits per heavy atom. The zero-order valence-corrected chi connectivity index (χ0v) is 13.4. The minimum atomic E-state index is 0.140. The molecule has 2 fully saturated rings. The van der Waals surface area contributed by atoms with E-state index in [-0.39, 0.29) is 12.1 Å². The van der Waals surface area contributed by atoms with E-state index in [1.165, 1.54) is 12.8 Å². The van der Waals surface area contributed by atoms with Gasteiger partial charge in [-0.15, -0.1) is 0 Å². The van der Waals surface area contributed by atoms with Crippen molar-refractivity contribution in [1.29, 1.82) is 0 Å². The lowest BCUT2D eigenvalue weighted by molar-refractivity contribution is -0.0623. The summed E-state index contributed by atoms with van der Waals surface area (Å²) in [6.07, 6.45) is 2.73. The second kappa shape index (κ2) is 5.94. The van der Waals surface area contributed by atoms with E-state index in [9.17, 15) is 0 Å². The van der Waals surface area contributed by atoms with E-state index in [1.807, 2.05) is 18.7 Å². The highest BCUT2D eigenvalue weighted by Gasteiger charge is 2.37. The summed E-state index contributed by atoms with van der Waals surface area (Å²) in [6, 6.07) is 0.882. The number of aryl methyl sites for hydroxylation is 2. The van der Waals surface area contributed by atoms with Crippen molar-refractivity contribution in [1.82, 2.24) is 20.0 Å². The minimum absolute atomic E-state index is 0.140. The summed E-state index contributed by atoms with van der Waals surface area (Å²) in [5, 5.41) is 8.11. The predicted molar refractivity (Wildman–Crippen MR) is 80.6 cm³/mol. The van der Waals surface area contributed by atoms with E-state index in [2.05, 4.69) is 22.4 Å². The van der Waals surface area contributed by atoms with Crippen LogP contribution < -0.4 is 10.1 Å². The van der Waals surface area contributed by atoms with Crippen molar-refractivity contribution in [3.63, 3.8) is 0 Å². The molecule has 118 valence electrons. The Balaban J connectivity index is 1.87. The van der Waals surface area contributed by atoms with Crippen LogP contribution in [-0.4, -0.2) is 60.7 Å². The number of morpholine rings is 1. The third-order valence-electron chi connectivity index (χ3n) is 4.49. The summed E-state index contributed by atoms with van der Waals surface area (Å²) < 4.78 is 13.5. The molecule has 21 heavy (non-hydrogen) atoms. The van der Waals surface area contributed by atoms with E-state index >= 15 is 0 Å². The van der Waals surface area contributed by atoms with Crippen molar-refractivity contribution in [2.24, 2.45) is 7.05 Å². The molecule has 1 saturated carbocycles. The summed E-state index contributed by atoms with van der Waals surface area (Å²) >= 11 is 0. The van der Waals surface area contributed by atoms with E-state index in [0.717, 1.165) is 36.8 Å². The van der Waals surface area contributed by atoms with Crippen LogP contribution in [0.15, 0.2) is 0 Å². The highest BCUT2D eigenvalue weighted by molar-refractivity contribution is 5.35. The molecule has 0 bridgehead atoms. The molecule has 1 saturated heterocycles. The lowest BCUT2D eigenvalue weighted by atomic mass is 9.98. The lowest BCUT2D eigenvalue weighted by Crippen LogP contribution is -2.48. The molecule has 1 N–H and O–H groups in total. The lowest BCUT2D eigenvalue weighted by Gasteiger charge is -2.39. The number of methoxy groups -OCH3 is 1. The van der Waals surface area contributed by atoms with Crippen LogP contribution in [0.2, 0.25) is 0 Å². The molecule has 1 aliphatic carbocycles. The van der Waals surface area contributed by atoms with Crippen LogP contribution in [0.25, 0.3) is 0 Å². The Morgan fingerprint density at radius 2 is 2.14 bits per heavy atom. The number of nitrogens with zero attached hydrogens (tertiary/aromatic N) is 3. The van der Waals surface area contributed by atoms with Gasteiger partial charge in [0.15, 0.2) is 0 Å². The predicted octanol–water partition coefficient (Wildman–Crippen LogP) is 0.861. The largest absolute Gasteiger partial charge is 0.481 e. The Labute approximate surface area is 126 Å². The summed E-state index contributed by atoms with van der Waals surface area (Å²) in [7, 11) is 5.79. The van der Waals surface area contributed by atoms with Crippen molar-refractivity contribution in [2.75, 3.05) is 33.9 Å². The number of hydrogen-bond donors (Lipinski definition) is 1. The summed E-state index contributed by atoms with van der Waals surface area (Å²) in [4.78, 5) is 2.36. The minimum Gasteiger partial charge on any atom is -0.481 e. The molecule has 1 aromatic rings. The van der Waals surface area contributed by atoms with E-state index in [1.54, 1.807) is 7.11 Å². The molecule has 2 aliphatic rings. The quantitative estimate of drug-likeness (QED) is 0.873. The second-order valence-corrected chi connectivity index (χ2v) is 6.15. The van der Waals surface area contributed by atoms with Crippen LogP contribution in [0.4, 0.5) is 0 Å². The van der Waals surface area contributed by atoms with Gasteiger partial charge in [-0.1, -0.05) is 0 Å². The van der Waals surface area contributed by atoms with Crippen molar-refractivity contribution in [3.05, 3.63) is 11.3 Å². The number of ether oxygens (including phenoxy) is 2. The molecule has 0 amide bonds. The molecular weight excluding hydrogens is 268 g/mol. The van der Waals surface area contributed by atoms with Gasteiger partial charge in [0, 0.05) is 26.2 Å². The van der Waals surface area contributed by atoms with Crippen LogP contribution in [0.1, 0.15) is 30.1 Å². The van der Waals surface area contributed by atoms with Crippen LogP contribution in [0, 0.1) is 6.92 Å². The molecule has 1 aromatic heterocycles. The molecule has 2 atom stereocenters. The Morgan fingerprint density at radius 3 is 2.81 bits per heavy atom. The fraction of sp³-hybridized carbons (Fsp3) is 0.800. The van der Waals surface area contributed by atoms with Crippen molar-refractivity contribution in [3.8, 4) is 5.88 Å². The van der Waals surface area contributed by atoms with Gasteiger partial charge in [0.05, 0.1) is 37.1 Å². The molecular formula is C15H26N4O2. The first kappa shape index (κ1) is 14.8. The first-order valence-corrected chi connectivity index (χ1v) is 7.74. The standard InChI is InChI=1S/C15H26N4O2/c1-10-13(15(20-4)19(3)17-10)14-12(9-16-11-5-6-11)21-8-7-18(14)2/h11-12,14,16H,5-9H2,1-4H3. The van der Waals surface area contributed by atoms with Crippen LogP contribution >= 0.6 is 0 Å². The highest BCUT2D eigenvalue weighted by Crippen LogP contribution is 2.36. The maximum absolute atomic E-state index is 6.06. The zero-order valence-electron chi connectivity index (χ0n) is 13.4. The Kier molecular flexibility index (Phi) is 4.19. The fourth-order valence-corrected chi connectivity index (χ4v) is 3.25. The van der Waals surface area contributed by atoms with Gasteiger partial charge in [0.25, 0.3) is 0 Å². The Bertz CT molecular complexity index is 498. The van der Waals surface area contributed by atoms with Crippen molar-refractivity contribution in [2.45, 2.75) is 38.0 Å². The maximum atomic E-state index is 6.06. The van der Waals surface area contributed by atoms with Gasteiger partial charge in [0.1, 0.15) is 0 Å². The van der Waals surface area contributed by atoms with Gasteiger partial charge in [-0.3, -0.25) is 4.90 Å². The third kappa shape index (κ3) is 2.93. The van der Waals surface area contributed by atoms with Crippen LogP contribution in [0.5, 0.6) is 5.88 Å². The second-order valence-electron chi connectivity index (χ2n) is 6.15. The fourth-order valence-electron chi connectivity index (χ4n) is 3.25. The number of nitrogens with one attached hydrogen (secondary N) is 1. The smallest absolute Gasteiger partial charge is 0.216 e. The average molecular weight is 294 g/mol. The first-order chi connectivity index (χ1) is 10.1. The SMILES string of the molecule is COc1c(C2C(CNC3CC3)OCCN2C)c(C)nn1C. The summed E-state index contributed by atoms with van der Waals surface area (Å²) in [5.41, 5.74) is 2.18. The van der Waals surface area contributed by atoms with E-state index in [4.69, 9.17) is 9.47 Å². The monoisotopic (exact) mass is 294 g/mol. The summed E-state index contributed by atoms with van der Waals surface area (Å²) in [5.74, 6) is 0.839. The summed E-state index contributed by atoms with van der Waals surface area (Å²) in [6.45, 7) is 4.65. The van der Waals surface area contributed by atoms with Gasteiger partial charge in [-0.25, -0.2) is 4.68 Å². The topological polar surface area (TPSA) is 51.5 Å². The molecule has 2 heterocycles.